The molecule has 0 amide bonds. The minimum Gasteiger partial charge on any atom is -0.370 e. The summed E-state index contributed by atoms with van der Waals surface area (Å²) >= 11 is 0. The van der Waals surface area contributed by atoms with Gasteiger partial charge in [0.25, 0.3) is 0 Å². The summed E-state index contributed by atoms with van der Waals surface area (Å²) in [6, 6.07) is 0. The fourth-order valence-corrected chi connectivity index (χ4v) is 1.60. The Labute approximate surface area is 94.5 Å². The minimum atomic E-state index is 0.179. The Hall–Kier alpha value is -0.730. The van der Waals surface area contributed by atoms with Crippen molar-refractivity contribution in [2.75, 3.05) is 13.6 Å². The Morgan fingerprint density at radius 3 is 1.93 bits per heavy atom. The summed E-state index contributed by atoms with van der Waals surface area (Å²) in [4.78, 5) is 1.80. The van der Waals surface area contributed by atoms with Crippen molar-refractivity contribution in [3.8, 4) is 0 Å². The molecule has 0 radical (unpaired) electrons. The normalized spacial score (nSPS) is 10.3. The molecule has 15 heavy (non-hydrogen) atoms. The number of rotatable bonds is 9. The summed E-state index contributed by atoms with van der Waals surface area (Å²) in [5, 5.41) is 7.20. The molecule has 0 unspecified atom stereocenters. The maximum absolute atomic E-state index is 7.20. The second-order valence-electron chi connectivity index (χ2n) is 4.28. The Bertz CT molecular complexity index is 157. The quantitative estimate of drug-likeness (QED) is 0.351. The highest BCUT2D eigenvalue weighted by molar-refractivity contribution is 5.74. The Morgan fingerprint density at radius 1 is 1.00 bits per heavy atom. The molecule has 0 aliphatic rings. The standard InChI is InChI=1S/C12H27N3/c1-3-4-5-6-7-8-9-10-11-15(2)12(13)14/h3-11H2,1-2H3,(H3,13,14). The zero-order valence-electron chi connectivity index (χ0n) is 10.4. The number of nitrogens with two attached hydrogens (primary N) is 1. The van der Waals surface area contributed by atoms with Crippen LogP contribution in [0.5, 0.6) is 0 Å². The van der Waals surface area contributed by atoms with Crippen LogP contribution < -0.4 is 5.73 Å². The molecule has 0 saturated carbocycles. The van der Waals surface area contributed by atoms with E-state index in [-0.39, 0.29) is 5.96 Å². The van der Waals surface area contributed by atoms with Gasteiger partial charge in [-0.15, -0.1) is 0 Å². The summed E-state index contributed by atoms with van der Waals surface area (Å²) in [6.07, 6.45) is 10.6. The van der Waals surface area contributed by atoms with Crippen LogP contribution in [-0.2, 0) is 0 Å². The lowest BCUT2D eigenvalue weighted by Gasteiger charge is -2.15. The second kappa shape index (κ2) is 9.81. The van der Waals surface area contributed by atoms with Gasteiger partial charge in [-0.1, -0.05) is 51.9 Å². The molecule has 3 nitrogen and oxygen atoms in total. The highest BCUT2D eigenvalue weighted by atomic mass is 15.2. The first-order valence-electron chi connectivity index (χ1n) is 6.23. The molecule has 0 atom stereocenters. The van der Waals surface area contributed by atoms with Crippen LogP contribution in [0, 0.1) is 5.41 Å². The molecule has 0 fully saturated rings. The van der Waals surface area contributed by atoms with E-state index in [4.69, 9.17) is 11.1 Å². The van der Waals surface area contributed by atoms with Gasteiger partial charge in [-0.3, -0.25) is 5.41 Å². The molecular formula is C12H27N3. The maximum Gasteiger partial charge on any atom is 0.188 e. The van der Waals surface area contributed by atoms with E-state index in [1.807, 2.05) is 7.05 Å². The van der Waals surface area contributed by atoms with Gasteiger partial charge in [-0.25, -0.2) is 0 Å². The van der Waals surface area contributed by atoms with Crippen molar-refractivity contribution in [2.45, 2.75) is 58.3 Å². The molecule has 0 rings (SSSR count). The van der Waals surface area contributed by atoms with Crippen LogP contribution in [0.2, 0.25) is 0 Å². The van der Waals surface area contributed by atoms with Crippen LogP contribution >= 0.6 is 0 Å². The van der Waals surface area contributed by atoms with Gasteiger partial charge >= 0.3 is 0 Å². The van der Waals surface area contributed by atoms with E-state index in [1.165, 1.54) is 44.9 Å². The molecule has 0 heterocycles. The lowest BCUT2D eigenvalue weighted by atomic mass is 10.1. The molecule has 0 aromatic heterocycles. The number of hydrogen-bond acceptors (Lipinski definition) is 1. The molecule has 0 spiro atoms. The average Bonchev–Trinajstić information content (AvgIpc) is 2.21. The molecule has 0 bridgehead atoms. The summed E-state index contributed by atoms with van der Waals surface area (Å²) in [6.45, 7) is 3.17. The smallest absolute Gasteiger partial charge is 0.188 e. The van der Waals surface area contributed by atoms with Gasteiger partial charge in [0.15, 0.2) is 5.96 Å². The monoisotopic (exact) mass is 213 g/mol. The highest BCUT2D eigenvalue weighted by Crippen LogP contribution is 2.08. The summed E-state index contributed by atoms with van der Waals surface area (Å²) in [5.74, 6) is 0.179. The number of hydrogen-bond donors (Lipinski definition) is 2. The van der Waals surface area contributed by atoms with Crippen molar-refractivity contribution in [1.82, 2.24) is 4.90 Å². The van der Waals surface area contributed by atoms with Crippen LogP contribution in [0.1, 0.15) is 58.3 Å². The van der Waals surface area contributed by atoms with E-state index in [1.54, 1.807) is 4.90 Å². The third-order valence-corrected chi connectivity index (χ3v) is 2.76. The number of nitrogens with zero attached hydrogens (tertiary/aromatic N) is 1. The van der Waals surface area contributed by atoms with E-state index >= 15 is 0 Å². The number of nitrogens with one attached hydrogen (secondary N) is 1. The van der Waals surface area contributed by atoms with Crippen molar-refractivity contribution in [2.24, 2.45) is 5.73 Å². The van der Waals surface area contributed by atoms with E-state index in [9.17, 15) is 0 Å². The van der Waals surface area contributed by atoms with Crippen molar-refractivity contribution < 1.29 is 0 Å². The van der Waals surface area contributed by atoms with Crippen LogP contribution in [0.25, 0.3) is 0 Å². The SMILES string of the molecule is CCCCCCCCCCN(C)C(=N)N. The number of unbranched alkanes of at least 4 members (excludes halogenated alkanes) is 7. The molecule has 0 saturated heterocycles. The summed E-state index contributed by atoms with van der Waals surface area (Å²) in [5.41, 5.74) is 5.34. The number of guanidine groups is 1. The molecule has 90 valence electrons. The van der Waals surface area contributed by atoms with Crippen molar-refractivity contribution in [3.63, 3.8) is 0 Å². The van der Waals surface area contributed by atoms with Crippen molar-refractivity contribution in [3.05, 3.63) is 0 Å². The van der Waals surface area contributed by atoms with E-state index in [2.05, 4.69) is 6.92 Å². The Balaban J connectivity index is 3.08. The lowest BCUT2D eigenvalue weighted by Crippen LogP contribution is -2.33. The topological polar surface area (TPSA) is 53.1 Å². The summed E-state index contributed by atoms with van der Waals surface area (Å²) < 4.78 is 0. The Morgan fingerprint density at radius 2 is 1.47 bits per heavy atom. The predicted molar refractivity (Wildman–Crippen MR) is 67.2 cm³/mol. The van der Waals surface area contributed by atoms with Crippen molar-refractivity contribution >= 4 is 5.96 Å². The van der Waals surface area contributed by atoms with Gasteiger partial charge in [-0.2, -0.15) is 0 Å². The van der Waals surface area contributed by atoms with Gasteiger partial charge < -0.3 is 10.6 Å². The third kappa shape index (κ3) is 9.57. The lowest BCUT2D eigenvalue weighted by molar-refractivity contribution is 0.458. The van der Waals surface area contributed by atoms with Gasteiger partial charge in [-0.05, 0) is 6.42 Å². The molecule has 0 aliphatic heterocycles. The molecule has 0 aromatic carbocycles. The molecule has 0 aliphatic carbocycles. The van der Waals surface area contributed by atoms with Crippen LogP contribution in [0.15, 0.2) is 0 Å². The molecule has 3 heteroatoms. The fourth-order valence-electron chi connectivity index (χ4n) is 1.60. The van der Waals surface area contributed by atoms with Gasteiger partial charge in [0, 0.05) is 13.6 Å². The zero-order chi connectivity index (χ0) is 11.5. The van der Waals surface area contributed by atoms with E-state index in [0.717, 1.165) is 13.0 Å². The van der Waals surface area contributed by atoms with Gasteiger partial charge in [0.1, 0.15) is 0 Å². The largest absolute Gasteiger partial charge is 0.370 e. The van der Waals surface area contributed by atoms with Crippen LogP contribution in [0.3, 0.4) is 0 Å². The van der Waals surface area contributed by atoms with E-state index in [0.29, 0.717) is 0 Å². The molecule has 3 N–H and O–H groups in total. The molecular weight excluding hydrogens is 186 g/mol. The third-order valence-electron chi connectivity index (χ3n) is 2.76. The zero-order valence-corrected chi connectivity index (χ0v) is 10.4. The van der Waals surface area contributed by atoms with E-state index < -0.39 is 0 Å². The highest BCUT2D eigenvalue weighted by Gasteiger charge is 1.98. The molecule has 0 aromatic rings. The first kappa shape index (κ1) is 14.3. The summed E-state index contributed by atoms with van der Waals surface area (Å²) in [7, 11) is 1.88. The van der Waals surface area contributed by atoms with Crippen LogP contribution in [-0.4, -0.2) is 24.5 Å². The fraction of sp³-hybridized carbons (Fsp3) is 0.917. The minimum absolute atomic E-state index is 0.179. The second-order valence-corrected chi connectivity index (χ2v) is 4.28. The maximum atomic E-state index is 7.20. The first-order chi connectivity index (χ1) is 7.18. The average molecular weight is 213 g/mol. The van der Waals surface area contributed by atoms with Gasteiger partial charge in [0.2, 0.25) is 0 Å². The van der Waals surface area contributed by atoms with Crippen LogP contribution in [0.4, 0.5) is 0 Å². The first-order valence-corrected chi connectivity index (χ1v) is 6.23. The predicted octanol–water partition coefficient (Wildman–Crippen LogP) is 2.95. The van der Waals surface area contributed by atoms with Gasteiger partial charge in [0.05, 0.1) is 0 Å². The Kier molecular flexibility index (Phi) is 9.33. The van der Waals surface area contributed by atoms with Crippen molar-refractivity contribution in [1.29, 1.82) is 5.41 Å².